The predicted molar refractivity (Wildman–Crippen MR) is 67.7 cm³/mol. The zero-order valence-corrected chi connectivity index (χ0v) is 10.8. The fourth-order valence-electron chi connectivity index (χ4n) is 1.68. The van der Waals surface area contributed by atoms with Crippen molar-refractivity contribution in [2.45, 2.75) is 26.4 Å². The second-order valence-corrected chi connectivity index (χ2v) is 4.21. The van der Waals surface area contributed by atoms with Crippen LogP contribution in [0.15, 0.2) is 28.9 Å². The van der Waals surface area contributed by atoms with Gasteiger partial charge in [0.25, 0.3) is 0 Å². The van der Waals surface area contributed by atoms with E-state index in [-0.39, 0.29) is 11.6 Å². The largest absolute Gasteiger partial charge is 0.478 e. The molecule has 0 saturated heterocycles. The Kier molecular flexibility index (Phi) is 3.91. The Hall–Kier alpha value is -2.21. The number of nitrogens with zero attached hydrogens (tertiary/aromatic N) is 2. The molecule has 0 spiro atoms. The highest BCUT2D eigenvalue weighted by atomic mass is 16.4. The van der Waals surface area contributed by atoms with E-state index >= 15 is 0 Å². The molecule has 0 aliphatic heterocycles. The van der Waals surface area contributed by atoms with Gasteiger partial charge >= 0.3 is 5.97 Å². The molecule has 1 unspecified atom stereocenters. The molecule has 0 aliphatic carbocycles. The first kappa shape index (κ1) is 13.2. The van der Waals surface area contributed by atoms with Crippen molar-refractivity contribution in [1.82, 2.24) is 15.3 Å². The molecule has 2 N–H and O–H groups in total. The standard InChI is InChI=1S/C13H15N3O3/c1-8-6-16-12(19-8)9(2)15-7-11-10(13(17)18)4-3-5-14-11/h3-6,9,15H,7H2,1-2H3,(H,17,18). The summed E-state index contributed by atoms with van der Waals surface area (Å²) < 4.78 is 5.40. The van der Waals surface area contributed by atoms with E-state index in [0.29, 0.717) is 18.1 Å². The van der Waals surface area contributed by atoms with E-state index in [2.05, 4.69) is 15.3 Å². The maximum absolute atomic E-state index is 11.0. The van der Waals surface area contributed by atoms with E-state index < -0.39 is 5.97 Å². The van der Waals surface area contributed by atoms with Gasteiger partial charge in [-0.25, -0.2) is 9.78 Å². The molecule has 2 aromatic heterocycles. The number of oxazole rings is 1. The molecule has 2 rings (SSSR count). The number of pyridine rings is 1. The van der Waals surface area contributed by atoms with Crippen molar-refractivity contribution in [3.05, 3.63) is 47.4 Å². The predicted octanol–water partition coefficient (Wildman–Crippen LogP) is 1.93. The average Bonchev–Trinajstić information content (AvgIpc) is 2.83. The van der Waals surface area contributed by atoms with E-state index in [1.807, 2.05) is 13.8 Å². The van der Waals surface area contributed by atoms with Gasteiger partial charge in [-0.2, -0.15) is 0 Å². The Morgan fingerprint density at radius 2 is 2.32 bits per heavy atom. The quantitative estimate of drug-likeness (QED) is 0.855. The number of rotatable bonds is 5. The van der Waals surface area contributed by atoms with Crippen LogP contribution in [0.5, 0.6) is 0 Å². The maximum atomic E-state index is 11.0. The van der Waals surface area contributed by atoms with Crippen molar-refractivity contribution in [3.8, 4) is 0 Å². The number of aromatic carboxylic acids is 1. The Morgan fingerprint density at radius 1 is 1.53 bits per heavy atom. The SMILES string of the molecule is Cc1cnc(C(C)NCc2ncccc2C(=O)O)o1. The zero-order valence-electron chi connectivity index (χ0n) is 10.8. The van der Waals surface area contributed by atoms with Gasteiger partial charge in [0, 0.05) is 12.7 Å². The van der Waals surface area contributed by atoms with Gasteiger partial charge in [-0.15, -0.1) is 0 Å². The Morgan fingerprint density at radius 3 is 2.95 bits per heavy atom. The summed E-state index contributed by atoms with van der Waals surface area (Å²) in [7, 11) is 0. The monoisotopic (exact) mass is 261 g/mol. The first-order valence-electron chi connectivity index (χ1n) is 5.91. The molecule has 0 fully saturated rings. The summed E-state index contributed by atoms with van der Waals surface area (Å²) >= 11 is 0. The Balaban J connectivity index is 2.05. The van der Waals surface area contributed by atoms with Crippen LogP contribution in [-0.2, 0) is 6.54 Å². The molecule has 6 heteroatoms. The molecule has 2 aromatic rings. The van der Waals surface area contributed by atoms with Gasteiger partial charge in [0.15, 0.2) is 0 Å². The smallest absolute Gasteiger partial charge is 0.337 e. The molecule has 2 heterocycles. The molecule has 0 aliphatic rings. The summed E-state index contributed by atoms with van der Waals surface area (Å²) in [5.74, 6) is 0.336. The van der Waals surface area contributed by atoms with E-state index in [0.717, 1.165) is 5.76 Å². The lowest BCUT2D eigenvalue weighted by atomic mass is 10.2. The van der Waals surface area contributed by atoms with Crippen LogP contribution in [0.3, 0.4) is 0 Å². The van der Waals surface area contributed by atoms with Crippen LogP contribution in [0.1, 0.15) is 40.7 Å². The van der Waals surface area contributed by atoms with E-state index in [4.69, 9.17) is 9.52 Å². The Labute approximate surface area is 110 Å². The van der Waals surface area contributed by atoms with Gasteiger partial charge in [-0.1, -0.05) is 0 Å². The summed E-state index contributed by atoms with van der Waals surface area (Å²) in [4.78, 5) is 19.2. The maximum Gasteiger partial charge on any atom is 0.337 e. The summed E-state index contributed by atoms with van der Waals surface area (Å²) in [5, 5.41) is 12.2. The number of hydrogen-bond acceptors (Lipinski definition) is 5. The fourth-order valence-corrected chi connectivity index (χ4v) is 1.68. The molecule has 0 bridgehead atoms. The van der Waals surface area contributed by atoms with Gasteiger partial charge in [0.05, 0.1) is 23.5 Å². The van der Waals surface area contributed by atoms with Crippen LogP contribution in [-0.4, -0.2) is 21.0 Å². The highest BCUT2D eigenvalue weighted by Crippen LogP contribution is 2.13. The van der Waals surface area contributed by atoms with Crippen LogP contribution in [0.25, 0.3) is 0 Å². The van der Waals surface area contributed by atoms with Crippen LogP contribution in [0, 0.1) is 6.92 Å². The molecule has 0 radical (unpaired) electrons. The second-order valence-electron chi connectivity index (χ2n) is 4.21. The minimum absolute atomic E-state index is 0.114. The van der Waals surface area contributed by atoms with Gasteiger partial charge in [0.1, 0.15) is 5.76 Å². The highest BCUT2D eigenvalue weighted by Gasteiger charge is 2.14. The molecular weight excluding hydrogens is 246 g/mol. The number of carbonyl (C=O) groups is 1. The lowest BCUT2D eigenvalue weighted by Gasteiger charge is -2.11. The minimum atomic E-state index is -0.982. The second kappa shape index (κ2) is 5.62. The van der Waals surface area contributed by atoms with E-state index in [9.17, 15) is 4.79 Å². The molecule has 1 atom stereocenters. The van der Waals surface area contributed by atoms with Crippen LogP contribution < -0.4 is 5.32 Å². The molecular formula is C13H15N3O3. The molecule has 100 valence electrons. The van der Waals surface area contributed by atoms with Crippen LogP contribution in [0.2, 0.25) is 0 Å². The number of carboxylic acids is 1. The van der Waals surface area contributed by atoms with Gasteiger partial charge in [-0.3, -0.25) is 4.98 Å². The highest BCUT2D eigenvalue weighted by molar-refractivity contribution is 5.88. The van der Waals surface area contributed by atoms with E-state index in [1.165, 1.54) is 6.07 Å². The number of hydrogen-bond donors (Lipinski definition) is 2. The van der Waals surface area contributed by atoms with Gasteiger partial charge in [-0.05, 0) is 26.0 Å². The minimum Gasteiger partial charge on any atom is -0.478 e. The summed E-state index contributed by atoms with van der Waals surface area (Å²) in [6, 6.07) is 3.03. The number of aromatic nitrogens is 2. The third kappa shape index (κ3) is 3.17. The number of nitrogens with one attached hydrogen (secondary N) is 1. The fraction of sp³-hybridized carbons (Fsp3) is 0.308. The van der Waals surface area contributed by atoms with Crippen molar-refractivity contribution in [2.24, 2.45) is 0 Å². The molecule has 19 heavy (non-hydrogen) atoms. The molecule has 0 amide bonds. The summed E-state index contributed by atoms with van der Waals surface area (Å²) in [6.07, 6.45) is 3.22. The summed E-state index contributed by atoms with van der Waals surface area (Å²) in [5.41, 5.74) is 0.691. The third-order valence-corrected chi connectivity index (χ3v) is 2.71. The van der Waals surface area contributed by atoms with Crippen molar-refractivity contribution in [2.75, 3.05) is 0 Å². The first-order chi connectivity index (χ1) is 9.08. The topological polar surface area (TPSA) is 88.2 Å². The zero-order chi connectivity index (χ0) is 13.8. The third-order valence-electron chi connectivity index (χ3n) is 2.71. The molecule has 0 aromatic carbocycles. The van der Waals surface area contributed by atoms with Crippen LogP contribution >= 0.6 is 0 Å². The lowest BCUT2D eigenvalue weighted by molar-refractivity contribution is 0.0695. The summed E-state index contributed by atoms with van der Waals surface area (Å²) in [6.45, 7) is 4.06. The molecule has 0 saturated carbocycles. The number of carboxylic acid groups (broad SMARTS) is 1. The van der Waals surface area contributed by atoms with Crippen molar-refractivity contribution < 1.29 is 14.3 Å². The average molecular weight is 261 g/mol. The number of aryl methyl sites for hydroxylation is 1. The molecule has 6 nitrogen and oxygen atoms in total. The van der Waals surface area contributed by atoms with E-state index in [1.54, 1.807) is 18.5 Å². The van der Waals surface area contributed by atoms with Crippen molar-refractivity contribution >= 4 is 5.97 Å². The van der Waals surface area contributed by atoms with Crippen molar-refractivity contribution in [3.63, 3.8) is 0 Å². The van der Waals surface area contributed by atoms with Gasteiger partial charge in [0.2, 0.25) is 5.89 Å². The Bertz CT molecular complexity index is 580. The lowest BCUT2D eigenvalue weighted by Crippen LogP contribution is -2.20. The van der Waals surface area contributed by atoms with Crippen LogP contribution in [0.4, 0.5) is 0 Å². The normalized spacial score (nSPS) is 12.3. The van der Waals surface area contributed by atoms with Gasteiger partial charge < -0.3 is 14.8 Å². The van der Waals surface area contributed by atoms with Crippen molar-refractivity contribution in [1.29, 1.82) is 0 Å². The first-order valence-corrected chi connectivity index (χ1v) is 5.91.